The van der Waals surface area contributed by atoms with E-state index in [0.717, 1.165) is 18.7 Å². The minimum absolute atomic E-state index is 0.0110. The number of aromatic amines is 1. The highest BCUT2D eigenvalue weighted by atomic mass is 16.5. The van der Waals surface area contributed by atoms with Crippen LogP contribution in [0.3, 0.4) is 0 Å². The van der Waals surface area contributed by atoms with Gasteiger partial charge in [-0.1, -0.05) is 6.92 Å². The van der Waals surface area contributed by atoms with Crippen LogP contribution in [0.2, 0.25) is 0 Å². The SMILES string of the molecule is CCCc1nc([C@@H]2CN(C(=O)Cn3cncn3)CCO2)n[nH]1. The second-order valence-electron chi connectivity index (χ2n) is 5.18. The molecule has 2 aromatic rings. The van der Waals surface area contributed by atoms with E-state index >= 15 is 0 Å². The number of ether oxygens (including phenoxy) is 1. The molecule has 22 heavy (non-hydrogen) atoms. The number of amides is 1. The van der Waals surface area contributed by atoms with Gasteiger partial charge in [-0.3, -0.25) is 9.89 Å². The standard InChI is InChI=1S/C13H19N7O2/c1-2-3-11-16-13(18-17-11)10-6-19(4-5-22-10)12(21)7-20-9-14-8-15-20/h8-10H,2-7H2,1H3,(H,16,17,18)/t10-/m0/s1. The van der Waals surface area contributed by atoms with E-state index in [0.29, 0.717) is 25.5 Å². The second kappa shape index (κ2) is 6.65. The molecule has 1 saturated heterocycles. The molecule has 0 spiro atoms. The van der Waals surface area contributed by atoms with Gasteiger partial charge in [0.15, 0.2) is 5.82 Å². The lowest BCUT2D eigenvalue weighted by Crippen LogP contribution is -2.44. The number of H-pyrrole nitrogens is 1. The number of carbonyl (C=O) groups excluding carboxylic acids is 1. The van der Waals surface area contributed by atoms with E-state index in [1.165, 1.54) is 17.3 Å². The van der Waals surface area contributed by atoms with Gasteiger partial charge < -0.3 is 9.64 Å². The average molecular weight is 305 g/mol. The number of hydrogen-bond donors (Lipinski definition) is 1. The molecule has 1 N–H and O–H groups in total. The highest BCUT2D eigenvalue weighted by Gasteiger charge is 2.28. The predicted octanol–water partition coefficient (Wildman–Crippen LogP) is -0.0512. The van der Waals surface area contributed by atoms with E-state index in [1.54, 1.807) is 4.90 Å². The lowest BCUT2D eigenvalue weighted by Gasteiger charge is -2.31. The first-order chi connectivity index (χ1) is 10.8. The van der Waals surface area contributed by atoms with Gasteiger partial charge in [-0.2, -0.15) is 10.2 Å². The van der Waals surface area contributed by atoms with Crippen LogP contribution >= 0.6 is 0 Å². The molecule has 0 aliphatic carbocycles. The van der Waals surface area contributed by atoms with Crippen LogP contribution in [-0.2, 0) is 22.5 Å². The number of morpholine rings is 1. The second-order valence-corrected chi connectivity index (χ2v) is 5.18. The van der Waals surface area contributed by atoms with Crippen LogP contribution < -0.4 is 0 Å². The highest BCUT2D eigenvalue weighted by molar-refractivity contribution is 5.76. The molecule has 3 rings (SSSR count). The number of nitrogens with zero attached hydrogens (tertiary/aromatic N) is 6. The number of aryl methyl sites for hydroxylation is 1. The maximum atomic E-state index is 12.3. The van der Waals surface area contributed by atoms with Crippen LogP contribution in [0.5, 0.6) is 0 Å². The molecule has 2 aromatic heterocycles. The monoisotopic (exact) mass is 305 g/mol. The van der Waals surface area contributed by atoms with E-state index in [4.69, 9.17) is 4.74 Å². The summed E-state index contributed by atoms with van der Waals surface area (Å²) in [5, 5.41) is 11.1. The van der Waals surface area contributed by atoms with Crippen LogP contribution in [0.15, 0.2) is 12.7 Å². The number of nitrogens with one attached hydrogen (secondary N) is 1. The van der Waals surface area contributed by atoms with Crippen molar-refractivity contribution in [1.29, 1.82) is 0 Å². The van der Waals surface area contributed by atoms with Crippen molar-refractivity contribution < 1.29 is 9.53 Å². The maximum Gasteiger partial charge on any atom is 0.244 e. The zero-order valence-corrected chi connectivity index (χ0v) is 12.5. The van der Waals surface area contributed by atoms with Crippen molar-refractivity contribution in [2.75, 3.05) is 19.7 Å². The highest BCUT2D eigenvalue weighted by Crippen LogP contribution is 2.19. The van der Waals surface area contributed by atoms with Crippen molar-refractivity contribution >= 4 is 5.91 Å². The third-order valence-corrected chi connectivity index (χ3v) is 3.51. The molecule has 1 atom stereocenters. The summed E-state index contributed by atoms with van der Waals surface area (Å²) in [4.78, 5) is 22.3. The summed E-state index contributed by atoms with van der Waals surface area (Å²) < 4.78 is 7.21. The van der Waals surface area contributed by atoms with Crippen LogP contribution in [0.25, 0.3) is 0 Å². The van der Waals surface area contributed by atoms with Crippen LogP contribution in [0.1, 0.15) is 31.1 Å². The fraction of sp³-hybridized carbons (Fsp3) is 0.615. The van der Waals surface area contributed by atoms with Crippen molar-refractivity contribution in [3.8, 4) is 0 Å². The Morgan fingerprint density at radius 1 is 1.55 bits per heavy atom. The van der Waals surface area contributed by atoms with Gasteiger partial charge in [0.25, 0.3) is 0 Å². The quantitative estimate of drug-likeness (QED) is 0.831. The Morgan fingerprint density at radius 2 is 2.45 bits per heavy atom. The Hall–Kier alpha value is -2.29. The molecular formula is C13H19N7O2. The van der Waals surface area contributed by atoms with Gasteiger partial charge >= 0.3 is 0 Å². The van der Waals surface area contributed by atoms with Crippen molar-refractivity contribution in [2.24, 2.45) is 0 Å². The molecular weight excluding hydrogens is 286 g/mol. The van der Waals surface area contributed by atoms with Crippen molar-refractivity contribution in [2.45, 2.75) is 32.4 Å². The molecule has 3 heterocycles. The molecule has 0 aromatic carbocycles. The van der Waals surface area contributed by atoms with Gasteiger partial charge in [-0.05, 0) is 6.42 Å². The fourth-order valence-electron chi connectivity index (χ4n) is 2.39. The van der Waals surface area contributed by atoms with E-state index in [2.05, 4.69) is 32.2 Å². The molecule has 0 saturated carbocycles. The largest absolute Gasteiger partial charge is 0.366 e. The molecule has 1 aliphatic heterocycles. The molecule has 0 radical (unpaired) electrons. The lowest BCUT2D eigenvalue weighted by atomic mass is 10.2. The molecule has 1 aliphatic rings. The first-order valence-electron chi connectivity index (χ1n) is 7.39. The normalized spacial score (nSPS) is 18.6. The minimum atomic E-state index is -0.282. The molecule has 1 amide bonds. The Kier molecular flexibility index (Phi) is 4.42. The van der Waals surface area contributed by atoms with Crippen molar-refractivity contribution in [1.82, 2.24) is 34.8 Å². The van der Waals surface area contributed by atoms with E-state index < -0.39 is 0 Å². The van der Waals surface area contributed by atoms with Gasteiger partial charge in [0.05, 0.1) is 13.2 Å². The summed E-state index contributed by atoms with van der Waals surface area (Å²) in [6.07, 6.45) is 4.52. The lowest BCUT2D eigenvalue weighted by molar-refractivity contribution is -0.140. The molecule has 9 heteroatoms. The molecule has 1 fully saturated rings. The van der Waals surface area contributed by atoms with Gasteiger partial charge in [0, 0.05) is 13.0 Å². The maximum absolute atomic E-state index is 12.3. The van der Waals surface area contributed by atoms with Gasteiger partial charge in [-0.25, -0.2) is 14.6 Å². The Labute approximate surface area is 127 Å². The van der Waals surface area contributed by atoms with Gasteiger partial charge in [-0.15, -0.1) is 0 Å². The van der Waals surface area contributed by atoms with Crippen molar-refractivity contribution in [3.63, 3.8) is 0 Å². The molecule has 0 unspecified atom stereocenters. The number of hydrogen-bond acceptors (Lipinski definition) is 6. The summed E-state index contributed by atoms with van der Waals surface area (Å²) >= 11 is 0. The number of aromatic nitrogens is 6. The van der Waals surface area contributed by atoms with Crippen LogP contribution in [0, 0.1) is 0 Å². The van der Waals surface area contributed by atoms with Crippen LogP contribution in [0.4, 0.5) is 0 Å². The minimum Gasteiger partial charge on any atom is -0.366 e. The zero-order chi connectivity index (χ0) is 15.4. The number of rotatable bonds is 5. The predicted molar refractivity (Wildman–Crippen MR) is 75.7 cm³/mol. The summed E-state index contributed by atoms with van der Waals surface area (Å²) in [6, 6.07) is 0. The zero-order valence-electron chi connectivity index (χ0n) is 12.5. The Balaban J connectivity index is 1.61. The number of carbonyl (C=O) groups is 1. The van der Waals surface area contributed by atoms with Gasteiger partial charge in [0.1, 0.15) is 31.1 Å². The fourth-order valence-corrected chi connectivity index (χ4v) is 2.39. The molecule has 118 valence electrons. The summed E-state index contributed by atoms with van der Waals surface area (Å²) in [5.74, 6) is 1.46. The third-order valence-electron chi connectivity index (χ3n) is 3.51. The van der Waals surface area contributed by atoms with E-state index in [-0.39, 0.29) is 18.6 Å². The van der Waals surface area contributed by atoms with Gasteiger partial charge in [0.2, 0.25) is 5.91 Å². The first kappa shape index (κ1) is 14.6. The van der Waals surface area contributed by atoms with E-state index in [9.17, 15) is 4.79 Å². The average Bonchev–Trinajstić information content (AvgIpc) is 3.19. The van der Waals surface area contributed by atoms with Crippen LogP contribution in [-0.4, -0.2) is 60.4 Å². The smallest absolute Gasteiger partial charge is 0.244 e. The Morgan fingerprint density at radius 3 is 3.23 bits per heavy atom. The summed E-state index contributed by atoms with van der Waals surface area (Å²) in [6.45, 7) is 3.77. The van der Waals surface area contributed by atoms with Crippen molar-refractivity contribution in [3.05, 3.63) is 24.3 Å². The summed E-state index contributed by atoms with van der Waals surface area (Å²) in [7, 11) is 0. The summed E-state index contributed by atoms with van der Waals surface area (Å²) in [5.41, 5.74) is 0. The molecule has 0 bridgehead atoms. The first-order valence-corrected chi connectivity index (χ1v) is 7.39. The Bertz CT molecular complexity index is 610. The third kappa shape index (κ3) is 3.30. The topological polar surface area (TPSA) is 102 Å². The van der Waals surface area contributed by atoms with E-state index in [1.807, 2.05) is 0 Å². The molecule has 9 nitrogen and oxygen atoms in total.